The molecule has 19 heavy (non-hydrogen) atoms. The molecule has 1 aromatic rings. The predicted molar refractivity (Wildman–Crippen MR) is 81.4 cm³/mol. The Morgan fingerprint density at radius 3 is 2.63 bits per heavy atom. The van der Waals surface area contributed by atoms with Crippen LogP contribution in [0.25, 0.3) is 0 Å². The predicted octanol–water partition coefficient (Wildman–Crippen LogP) is 2.55. The van der Waals surface area contributed by atoms with Gasteiger partial charge in [0, 0.05) is 23.4 Å². The van der Waals surface area contributed by atoms with E-state index in [9.17, 15) is 4.79 Å². The van der Waals surface area contributed by atoms with E-state index >= 15 is 0 Å². The van der Waals surface area contributed by atoms with Crippen LogP contribution in [-0.4, -0.2) is 23.5 Å². The summed E-state index contributed by atoms with van der Waals surface area (Å²) in [4.78, 5) is 11.3. The normalized spacial score (nSPS) is 23.2. The van der Waals surface area contributed by atoms with Gasteiger partial charge in [-0.25, -0.2) is 0 Å². The summed E-state index contributed by atoms with van der Waals surface area (Å²) in [6.07, 6.45) is 7.22. The first-order valence-corrected chi connectivity index (χ1v) is 8.13. The Morgan fingerprint density at radius 1 is 1.32 bits per heavy atom. The number of hydrogen-bond donors (Lipinski definition) is 2. The van der Waals surface area contributed by atoms with Gasteiger partial charge in [0.05, 0.1) is 0 Å². The van der Waals surface area contributed by atoms with E-state index in [1.165, 1.54) is 25.7 Å². The van der Waals surface area contributed by atoms with Crippen molar-refractivity contribution in [1.82, 2.24) is 5.32 Å². The molecule has 3 N–H and O–H groups in total. The van der Waals surface area contributed by atoms with Crippen LogP contribution in [0.5, 0.6) is 0 Å². The van der Waals surface area contributed by atoms with E-state index < -0.39 is 0 Å². The van der Waals surface area contributed by atoms with Crippen molar-refractivity contribution < 1.29 is 4.79 Å². The van der Waals surface area contributed by atoms with Crippen molar-refractivity contribution in [2.24, 2.45) is 5.73 Å². The number of carbonyl (C=O) groups excluding carboxylic acids is 1. The number of thioether (sulfide) groups is 1. The number of rotatable bonds is 5. The zero-order valence-corrected chi connectivity index (χ0v) is 12.2. The molecule has 4 heteroatoms. The quantitative estimate of drug-likeness (QED) is 0.870. The second-order valence-corrected chi connectivity index (χ2v) is 6.25. The maximum atomic E-state index is 11.3. The third-order valence-corrected chi connectivity index (χ3v) is 5.01. The molecule has 104 valence electrons. The second-order valence-electron chi connectivity index (χ2n) is 5.11. The SMILES string of the molecule is CSC1CCC(NCc2ccccc2C(N)=O)CC1. The fraction of sp³-hybridized carbons (Fsp3) is 0.533. The first-order valence-electron chi connectivity index (χ1n) is 6.84. The third kappa shape index (κ3) is 3.98. The van der Waals surface area contributed by atoms with Crippen LogP contribution in [0, 0.1) is 0 Å². The van der Waals surface area contributed by atoms with Crippen LogP contribution in [0.2, 0.25) is 0 Å². The maximum Gasteiger partial charge on any atom is 0.249 e. The molecule has 1 aliphatic carbocycles. The number of nitrogens with one attached hydrogen (secondary N) is 1. The summed E-state index contributed by atoms with van der Waals surface area (Å²) < 4.78 is 0. The molecule has 1 aromatic carbocycles. The van der Waals surface area contributed by atoms with Gasteiger partial charge in [0.1, 0.15) is 0 Å². The molecular weight excluding hydrogens is 256 g/mol. The second kappa shape index (κ2) is 6.96. The molecule has 0 aliphatic heterocycles. The van der Waals surface area contributed by atoms with Crippen molar-refractivity contribution in [2.45, 2.75) is 43.5 Å². The zero-order valence-electron chi connectivity index (χ0n) is 11.4. The first-order chi connectivity index (χ1) is 9.20. The Labute approximate surface area is 119 Å². The minimum atomic E-state index is -0.344. The van der Waals surface area contributed by atoms with Crippen LogP contribution in [0.15, 0.2) is 24.3 Å². The van der Waals surface area contributed by atoms with Crippen LogP contribution in [0.4, 0.5) is 0 Å². The van der Waals surface area contributed by atoms with Crippen molar-refractivity contribution in [1.29, 1.82) is 0 Å². The Morgan fingerprint density at radius 2 is 2.00 bits per heavy atom. The molecule has 1 fully saturated rings. The van der Waals surface area contributed by atoms with E-state index in [1.54, 1.807) is 6.07 Å². The lowest BCUT2D eigenvalue weighted by Crippen LogP contribution is -2.34. The van der Waals surface area contributed by atoms with Gasteiger partial charge in [-0.1, -0.05) is 18.2 Å². The molecule has 3 nitrogen and oxygen atoms in total. The van der Waals surface area contributed by atoms with Crippen LogP contribution in [0.3, 0.4) is 0 Å². The molecule has 0 spiro atoms. The van der Waals surface area contributed by atoms with Crippen molar-refractivity contribution in [2.75, 3.05) is 6.26 Å². The van der Waals surface area contributed by atoms with E-state index in [0.29, 0.717) is 11.6 Å². The molecule has 0 unspecified atom stereocenters. The molecule has 0 bridgehead atoms. The van der Waals surface area contributed by atoms with Crippen molar-refractivity contribution in [3.05, 3.63) is 35.4 Å². The monoisotopic (exact) mass is 278 g/mol. The molecule has 1 aliphatic rings. The summed E-state index contributed by atoms with van der Waals surface area (Å²) in [7, 11) is 0. The van der Waals surface area contributed by atoms with Crippen LogP contribution in [0.1, 0.15) is 41.6 Å². The van der Waals surface area contributed by atoms with E-state index in [-0.39, 0.29) is 5.91 Å². The third-order valence-electron chi connectivity index (χ3n) is 3.87. The Kier molecular flexibility index (Phi) is 5.28. The van der Waals surface area contributed by atoms with Crippen molar-refractivity contribution in [3.8, 4) is 0 Å². The summed E-state index contributed by atoms with van der Waals surface area (Å²) in [5.41, 5.74) is 7.02. The molecular formula is C15H22N2OS. The number of hydrogen-bond acceptors (Lipinski definition) is 3. The van der Waals surface area contributed by atoms with Crippen LogP contribution >= 0.6 is 11.8 Å². The van der Waals surface area contributed by atoms with E-state index in [0.717, 1.165) is 17.4 Å². The summed E-state index contributed by atoms with van der Waals surface area (Å²) in [6, 6.07) is 8.15. The first kappa shape index (κ1) is 14.4. The van der Waals surface area contributed by atoms with Crippen LogP contribution in [-0.2, 0) is 6.54 Å². The number of benzene rings is 1. The van der Waals surface area contributed by atoms with E-state index in [2.05, 4.69) is 11.6 Å². The van der Waals surface area contributed by atoms with Crippen LogP contribution < -0.4 is 11.1 Å². The fourth-order valence-corrected chi connectivity index (χ4v) is 3.42. The molecule has 0 saturated heterocycles. The van der Waals surface area contributed by atoms with Gasteiger partial charge in [-0.15, -0.1) is 0 Å². The minimum absolute atomic E-state index is 0.344. The Hall–Kier alpha value is -1.00. The van der Waals surface area contributed by atoms with Gasteiger partial charge in [-0.05, 0) is 43.6 Å². The smallest absolute Gasteiger partial charge is 0.249 e. The number of amides is 1. The standard InChI is InChI=1S/C15H22N2OS/c1-19-13-8-6-12(7-9-13)17-10-11-4-2-3-5-14(11)15(16)18/h2-5,12-13,17H,6-10H2,1H3,(H2,16,18). The molecule has 0 atom stereocenters. The lowest BCUT2D eigenvalue weighted by Gasteiger charge is -2.28. The maximum absolute atomic E-state index is 11.3. The largest absolute Gasteiger partial charge is 0.366 e. The molecule has 2 rings (SSSR count). The highest BCUT2D eigenvalue weighted by Gasteiger charge is 2.20. The Balaban J connectivity index is 1.88. The molecule has 0 heterocycles. The molecule has 0 radical (unpaired) electrons. The average molecular weight is 278 g/mol. The van der Waals surface area contributed by atoms with Gasteiger partial charge in [0.25, 0.3) is 0 Å². The van der Waals surface area contributed by atoms with Crippen molar-refractivity contribution >= 4 is 17.7 Å². The number of primary amides is 1. The minimum Gasteiger partial charge on any atom is -0.366 e. The highest BCUT2D eigenvalue weighted by Crippen LogP contribution is 2.27. The molecule has 1 amide bonds. The lowest BCUT2D eigenvalue weighted by molar-refractivity contribution is 0.0999. The number of carbonyl (C=O) groups is 1. The van der Waals surface area contributed by atoms with Crippen molar-refractivity contribution in [3.63, 3.8) is 0 Å². The van der Waals surface area contributed by atoms with E-state index in [1.807, 2.05) is 30.0 Å². The summed E-state index contributed by atoms with van der Waals surface area (Å²) in [5.74, 6) is -0.344. The van der Waals surface area contributed by atoms with Gasteiger partial charge in [0.2, 0.25) is 5.91 Å². The van der Waals surface area contributed by atoms with Gasteiger partial charge in [-0.3, -0.25) is 4.79 Å². The van der Waals surface area contributed by atoms with Gasteiger partial charge >= 0.3 is 0 Å². The van der Waals surface area contributed by atoms with Gasteiger partial charge in [0.15, 0.2) is 0 Å². The summed E-state index contributed by atoms with van der Waals surface area (Å²) >= 11 is 1.98. The van der Waals surface area contributed by atoms with E-state index in [4.69, 9.17) is 5.73 Å². The topological polar surface area (TPSA) is 55.1 Å². The van der Waals surface area contributed by atoms with Gasteiger partial charge < -0.3 is 11.1 Å². The zero-order chi connectivity index (χ0) is 13.7. The highest BCUT2D eigenvalue weighted by molar-refractivity contribution is 7.99. The number of nitrogens with two attached hydrogens (primary N) is 1. The highest BCUT2D eigenvalue weighted by atomic mass is 32.2. The fourth-order valence-electron chi connectivity index (χ4n) is 2.67. The average Bonchev–Trinajstić information content (AvgIpc) is 2.46. The van der Waals surface area contributed by atoms with Gasteiger partial charge in [-0.2, -0.15) is 11.8 Å². The Bertz CT molecular complexity index is 428. The lowest BCUT2D eigenvalue weighted by atomic mass is 9.94. The molecule has 0 aromatic heterocycles. The molecule has 1 saturated carbocycles. The summed E-state index contributed by atoms with van der Waals surface area (Å²) in [5, 5.41) is 4.39. The summed E-state index contributed by atoms with van der Waals surface area (Å²) in [6.45, 7) is 0.730.